The van der Waals surface area contributed by atoms with Crippen molar-refractivity contribution in [2.45, 2.75) is 19.1 Å². The summed E-state index contributed by atoms with van der Waals surface area (Å²) in [6, 6.07) is 3.85. The van der Waals surface area contributed by atoms with Crippen LogP contribution in [0, 0.1) is 0 Å². The predicted octanol–water partition coefficient (Wildman–Crippen LogP) is 0.0283. The van der Waals surface area contributed by atoms with E-state index in [0.29, 0.717) is 13.1 Å². The first-order valence-corrected chi connectivity index (χ1v) is 4.80. The Morgan fingerprint density at radius 1 is 1.73 bits per heavy atom. The van der Waals surface area contributed by atoms with Gasteiger partial charge in [-0.3, -0.25) is 4.79 Å². The minimum absolute atomic E-state index is 0.0220. The van der Waals surface area contributed by atoms with Crippen molar-refractivity contribution in [1.82, 2.24) is 10.3 Å². The maximum Gasteiger partial charge on any atom is 0.308 e. The SMILES string of the molecule is COC(=O)CC(O)CNCc1ccc[nH]1. The number of hydrogen-bond acceptors (Lipinski definition) is 4. The van der Waals surface area contributed by atoms with Gasteiger partial charge in [-0.25, -0.2) is 0 Å². The molecule has 0 radical (unpaired) electrons. The van der Waals surface area contributed by atoms with E-state index >= 15 is 0 Å². The van der Waals surface area contributed by atoms with Crippen LogP contribution in [0.15, 0.2) is 18.3 Å². The molecule has 3 N–H and O–H groups in total. The molecule has 0 aliphatic rings. The highest BCUT2D eigenvalue weighted by Gasteiger charge is 2.09. The van der Waals surface area contributed by atoms with E-state index in [2.05, 4.69) is 15.0 Å². The average Bonchev–Trinajstić information content (AvgIpc) is 2.70. The molecule has 5 heteroatoms. The number of carbonyl (C=O) groups is 1. The number of esters is 1. The van der Waals surface area contributed by atoms with Crippen molar-refractivity contribution in [3.63, 3.8) is 0 Å². The van der Waals surface area contributed by atoms with Gasteiger partial charge in [-0.05, 0) is 12.1 Å². The third-order valence-corrected chi connectivity index (χ3v) is 1.99. The summed E-state index contributed by atoms with van der Waals surface area (Å²) in [5.74, 6) is -0.399. The summed E-state index contributed by atoms with van der Waals surface area (Å²) in [4.78, 5) is 13.8. The number of methoxy groups -OCH3 is 1. The van der Waals surface area contributed by atoms with E-state index in [1.54, 1.807) is 0 Å². The molecule has 0 aliphatic carbocycles. The minimum Gasteiger partial charge on any atom is -0.469 e. The first-order chi connectivity index (χ1) is 7.22. The van der Waals surface area contributed by atoms with Crippen molar-refractivity contribution in [3.05, 3.63) is 24.0 Å². The van der Waals surface area contributed by atoms with Crippen molar-refractivity contribution < 1.29 is 14.6 Å². The molecule has 15 heavy (non-hydrogen) atoms. The van der Waals surface area contributed by atoms with Crippen LogP contribution in [0.3, 0.4) is 0 Å². The van der Waals surface area contributed by atoms with Crippen molar-refractivity contribution in [1.29, 1.82) is 0 Å². The van der Waals surface area contributed by atoms with Crippen LogP contribution >= 0.6 is 0 Å². The zero-order valence-corrected chi connectivity index (χ0v) is 8.69. The normalized spacial score (nSPS) is 12.4. The molecule has 1 aromatic rings. The first-order valence-electron chi connectivity index (χ1n) is 4.80. The van der Waals surface area contributed by atoms with E-state index in [4.69, 9.17) is 0 Å². The molecule has 1 aromatic heterocycles. The number of aliphatic hydroxyl groups is 1. The van der Waals surface area contributed by atoms with Crippen LogP contribution in [0.25, 0.3) is 0 Å². The molecule has 0 spiro atoms. The smallest absolute Gasteiger partial charge is 0.308 e. The number of H-pyrrole nitrogens is 1. The number of rotatable bonds is 6. The summed E-state index contributed by atoms with van der Waals surface area (Å²) < 4.78 is 4.44. The summed E-state index contributed by atoms with van der Waals surface area (Å²) in [6.07, 6.45) is 1.16. The highest BCUT2D eigenvalue weighted by Crippen LogP contribution is 1.95. The van der Waals surface area contributed by atoms with Gasteiger partial charge in [-0.2, -0.15) is 0 Å². The Morgan fingerprint density at radius 2 is 2.53 bits per heavy atom. The van der Waals surface area contributed by atoms with Crippen LogP contribution in [0.4, 0.5) is 0 Å². The molecule has 0 aromatic carbocycles. The predicted molar refractivity (Wildman–Crippen MR) is 55.1 cm³/mol. The van der Waals surface area contributed by atoms with E-state index in [1.807, 2.05) is 18.3 Å². The van der Waals surface area contributed by atoms with Gasteiger partial charge in [0.15, 0.2) is 0 Å². The summed E-state index contributed by atoms with van der Waals surface area (Å²) in [5, 5.41) is 12.4. The molecule has 0 saturated heterocycles. The number of nitrogens with one attached hydrogen (secondary N) is 2. The summed E-state index contributed by atoms with van der Waals surface area (Å²) in [5.41, 5.74) is 1.04. The molecule has 0 aliphatic heterocycles. The second kappa shape index (κ2) is 6.21. The molecular formula is C10H16N2O3. The maximum atomic E-state index is 10.8. The van der Waals surface area contributed by atoms with Crippen molar-refractivity contribution in [2.75, 3.05) is 13.7 Å². The average molecular weight is 212 g/mol. The molecule has 1 rings (SSSR count). The lowest BCUT2D eigenvalue weighted by Crippen LogP contribution is -2.28. The number of ether oxygens (including phenoxy) is 1. The Balaban J connectivity index is 2.12. The van der Waals surface area contributed by atoms with Gasteiger partial charge in [0.25, 0.3) is 0 Å². The van der Waals surface area contributed by atoms with Crippen LogP contribution in [0.5, 0.6) is 0 Å². The summed E-state index contributed by atoms with van der Waals surface area (Å²) >= 11 is 0. The quantitative estimate of drug-likeness (QED) is 0.581. The Bertz CT molecular complexity index is 285. The van der Waals surface area contributed by atoms with E-state index in [0.717, 1.165) is 5.69 Å². The maximum absolute atomic E-state index is 10.8. The lowest BCUT2D eigenvalue weighted by molar-refractivity contribution is -0.142. The zero-order valence-electron chi connectivity index (χ0n) is 8.69. The minimum atomic E-state index is -0.701. The van der Waals surface area contributed by atoms with Crippen LogP contribution in [-0.2, 0) is 16.1 Å². The van der Waals surface area contributed by atoms with Gasteiger partial charge >= 0.3 is 5.97 Å². The van der Waals surface area contributed by atoms with Gasteiger partial charge < -0.3 is 20.1 Å². The fraction of sp³-hybridized carbons (Fsp3) is 0.500. The Labute approximate surface area is 88.4 Å². The molecular weight excluding hydrogens is 196 g/mol. The van der Waals surface area contributed by atoms with Crippen molar-refractivity contribution in [2.24, 2.45) is 0 Å². The fourth-order valence-electron chi connectivity index (χ4n) is 1.20. The molecule has 0 bridgehead atoms. The topological polar surface area (TPSA) is 74.3 Å². The lowest BCUT2D eigenvalue weighted by Gasteiger charge is -2.09. The number of hydrogen-bond donors (Lipinski definition) is 3. The van der Waals surface area contributed by atoms with Gasteiger partial charge in [-0.15, -0.1) is 0 Å². The number of aromatic amines is 1. The Morgan fingerprint density at radius 3 is 3.13 bits per heavy atom. The first kappa shape index (κ1) is 11.7. The molecule has 1 heterocycles. The standard InChI is InChI=1S/C10H16N2O3/c1-15-10(14)5-9(13)7-11-6-8-3-2-4-12-8/h2-4,9,11-13H,5-7H2,1H3. The number of carbonyl (C=O) groups excluding carboxylic acids is 1. The lowest BCUT2D eigenvalue weighted by atomic mass is 10.2. The summed E-state index contributed by atoms with van der Waals surface area (Å²) in [7, 11) is 1.31. The fourth-order valence-corrected chi connectivity index (χ4v) is 1.20. The van der Waals surface area contributed by atoms with Gasteiger partial charge in [-0.1, -0.05) is 0 Å². The van der Waals surface area contributed by atoms with Gasteiger partial charge in [0, 0.05) is 25.0 Å². The van der Waals surface area contributed by atoms with Crippen molar-refractivity contribution in [3.8, 4) is 0 Å². The number of aromatic nitrogens is 1. The number of aliphatic hydroxyl groups excluding tert-OH is 1. The highest BCUT2D eigenvalue weighted by atomic mass is 16.5. The largest absolute Gasteiger partial charge is 0.469 e. The van der Waals surface area contributed by atoms with E-state index in [-0.39, 0.29) is 6.42 Å². The van der Waals surface area contributed by atoms with E-state index in [9.17, 15) is 9.90 Å². The molecule has 84 valence electrons. The van der Waals surface area contributed by atoms with Crippen LogP contribution in [0.2, 0.25) is 0 Å². The molecule has 0 fully saturated rings. The zero-order chi connectivity index (χ0) is 11.1. The molecule has 1 atom stereocenters. The van der Waals surface area contributed by atoms with Crippen molar-refractivity contribution >= 4 is 5.97 Å². The van der Waals surface area contributed by atoms with Crippen LogP contribution < -0.4 is 5.32 Å². The third kappa shape index (κ3) is 4.62. The molecule has 1 unspecified atom stereocenters. The third-order valence-electron chi connectivity index (χ3n) is 1.99. The van der Waals surface area contributed by atoms with Gasteiger partial charge in [0.1, 0.15) is 0 Å². The van der Waals surface area contributed by atoms with Gasteiger partial charge in [0.05, 0.1) is 19.6 Å². The van der Waals surface area contributed by atoms with Gasteiger partial charge in [0.2, 0.25) is 0 Å². The van der Waals surface area contributed by atoms with E-state index < -0.39 is 12.1 Å². The summed E-state index contributed by atoms with van der Waals surface area (Å²) in [6.45, 7) is 1.01. The monoisotopic (exact) mass is 212 g/mol. The molecule has 5 nitrogen and oxygen atoms in total. The second-order valence-corrected chi connectivity index (χ2v) is 3.26. The molecule has 0 saturated carbocycles. The van der Waals surface area contributed by atoms with E-state index in [1.165, 1.54) is 7.11 Å². The second-order valence-electron chi connectivity index (χ2n) is 3.26. The highest BCUT2D eigenvalue weighted by molar-refractivity contribution is 5.69. The van der Waals surface area contributed by atoms with Crippen LogP contribution in [0.1, 0.15) is 12.1 Å². The van der Waals surface area contributed by atoms with Crippen LogP contribution in [-0.4, -0.2) is 35.8 Å². The Kier molecular flexibility index (Phi) is 4.86. The molecule has 0 amide bonds. The Hall–Kier alpha value is -1.33.